The monoisotopic (exact) mass is 581 g/mol. The summed E-state index contributed by atoms with van der Waals surface area (Å²) in [6.45, 7) is 1.44. The van der Waals surface area contributed by atoms with Gasteiger partial charge in [0.1, 0.15) is 29.4 Å². The van der Waals surface area contributed by atoms with E-state index in [9.17, 15) is 9.59 Å². The van der Waals surface area contributed by atoms with Crippen LogP contribution >= 0.6 is 0 Å². The van der Waals surface area contributed by atoms with Gasteiger partial charge in [0.25, 0.3) is 0 Å². The van der Waals surface area contributed by atoms with E-state index in [0.717, 1.165) is 30.2 Å². The van der Waals surface area contributed by atoms with Crippen molar-refractivity contribution >= 4 is 28.9 Å². The second kappa shape index (κ2) is 14.5. The number of carbonyl (C=O) groups is 1. The number of nitrogens with zero attached hydrogens (tertiary/aromatic N) is 3. The summed E-state index contributed by atoms with van der Waals surface area (Å²) >= 11 is 0. The zero-order valence-corrected chi connectivity index (χ0v) is 23.7. The van der Waals surface area contributed by atoms with Gasteiger partial charge in [-0.3, -0.25) is 9.48 Å². The molecule has 0 unspecified atom stereocenters. The number of hydrogen-bond donors (Lipinski definition) is 0. The summed E-state index contributed by atoms with van der Waals surface area (Å²) in [5.74, 6) is 2.09. The van der Waals surface area contributed by atoms with Crippen molar-refractivity contribution in [1.82, 2.24) is 15.0 Å². The molecular formula is C33H31N3O7. The summed E-state index contributed by atoms with van der Waals surface area (Å²) in [7, 11) is 1.56. The van der Waals surface area contributed by atoms with Gasteiger partial charge in [0, 0.05) is 6.54 Å². The number of carbonyl (C=O) groups excluding carboxylic acids is 1. The van der Waals surface area contributed by atoms with Crippen LogP contribution in [0.2, 0.25) is 0 Å². The number of hydrogen-bond acceptors (Lipinski definition) is 9. The fraction of sp³-hybridized carbons (Fsp3) is 0.212. The van der Waals surface area contributed by atoms with Gasteiger partial charge in [-0.05, 0) is 79.5 Å². The fourth-order valence-electron chi connectivity index (χ4n) is 4.29. The van der Waals surface area contributed by atoms with E-state index in [1.54, 1.807) is 60.5 Å². The van der Waals surface area contributed by atoms with Crippen molar-refractivity contribution in [2.45, 2.75) is 32.4 Å². The van der Waals surface area contributed by atoms with Crippen LogP contribution in [0, 0.1) is 0 Å². The standard InChI is InChI=1S/C33H31N3O7/c1-39-32-20-24(11-13-26(37)14-15-27-8-7-19-40-27)12-16-30(32)42-23-25-22-36(35-34-25)17-5-2-6-18-41-31-21-33(38)43-29-10-4-3-9-28(29)31/h3-4,7-16,19-22H,2,5-6,17-18,23H2,1H3/b13-11+,15-14+. The van der Waals surface area contributed by atoms with E-state index >= 15 is 0 Å². The minimum Gasteiger partial charge on any atom is -0.493 e. The third-order valence-electron chi connectivity index (χ3n) is 6.45. The Balaban J connectivity index is 1.04. The molecule has 0 N–H and O–H groups in total. The number of para-hydroxylation sites is 1. The molecule has 0 saturated carbocycles. The molecule has 0 atom stereocenters. The van der Waals surface area contributed by atoms with E-state index in [1.165, 1.54) is 18.2 Å². The van der Waals surface area contributed by atoms with Crippen LogP contribution < -0.4 is 19.8 Å². The minimum atomic E-state index is -0.425. The van der Waals surface area contributed by atoms with Gasteiger partial charge in [0.05, 0.1) is 37.6 Å². The lowest BCUT2D eigenvalue weighted by Gasteiger charge is -2.10. The summed E-state index contributed by atoms with van der Waals surface area (Å²) in [4.78, 5) is 23.9. The average molecular weight is 582 g/mol. The molecule has 0 aliphatic rings. The largest absolute Gasteiger partial charge is 0.493 e. The molecule has 0 spiro atoms. The Hall–Kier alpha value is -5.38. The van der Waals surface area contributed by atoms with E-state index in [0.29, 0.717) is 47.4 Å². The Morgan fingerprint density at radius 3 is 2.67 bits per heavy atom. The van der Waals surface area contributed by atoms with E-state index in [2.05, 4.69) is 10.3 Å². The third kappa shape index (κ3) is 8.32. The quantitative estimate of drug-likeness (QED) is 0.0819. The van der Waals surface area contributed by atoms with Gasteiger partial charge in [-0.2, -0.15) is 0 Å². The molecule has 0 aliphatic carbocycles. The zero-order valence-electron chi connectivity index (χ0n) is 23.7. The Labute approximate surface area is 247 Å². The number of allylic oxidation sites excluding steroid dienone is 2. The summed E-state index contributed by atoms with van der Waals surface area (Å²) in [5, 5.41) is 9.18. The molecule has 0 radical (unpaired) electrons. The van der Waals surface area contributed by atoms with Gasteiger partial charge >= 0.3 is 5.63 Å². The third-order valence-corrected chi connectivity index (χ3v) is 6.45. The van der Waals surface area contributed by atoms with Crippen molar-refractivity contribution in [1.29, 1.82) is 0 Å². The topological polar surface area (TPSA) is 119 Å². The number of unbranched alkanes of at least 4 members (excludes halogenated alkanes) is 2. The SMILES string of the molecule is COc1cc(/C=C/C(=O)/C=C/c2ccco2)ccc1OCc1cn(CCCCCOc2cc(=O)oc3ccccc23)nn1. The van der Waals surface area contributed by atoms with Gasteiger partial charge in [0.15, 0.2) is 17.3 Å². The first-order chi connectivity index (χ1) is 21.1. The Bertz CT molecular complexity index is 1770. The van der Waals surface area contributed by atoms with E-state index in [-0.39, 0.29) is 12.4 Å². The van der Waals surface area contributed by atoms with E-state index in [4.69, 9.17) is 23.0 Å². The maximum Gasteiger partial charge on any atom is 0.339 e. The van der Waals surface area contributed by atoms with E-state index in [1.807, 2.05) is 30.5 Å². The van der Waals surface area contributed by atoms with Crippen LogP contribution in [0.4, 0.5) is 0 Å². The second-order valence-corrected chi connectivity index (χ2v) is 9.59. The molecule has 0 amide bonds. The number of ketones is 1. The van der Waals surface area contributed by atoms with Crippen LogP contribution in [-0.2, 0) is 17.9 Å². The van der Waals surface area contributed by atoms with Gasteiger partial charge in [-0.15, -0.1) is 5.10 Å². The number of aryl methyl sites for hydroxylation is 1. The Morgan fingerprint density at radius 2 is 1.81 bits per heavy atom. The molecule has 0 bridgehead atoms. The summed E-state index contributed by atoms with van der Waals surface area (Å²) in [5.41, 5.74) is 1.58. The highest BCUT2D eigenvalue weighted by Crippen LogP contribution is 2.29. The van der Waals surface area contributed by atoms with E-state index < -0.39 is 5.63 Å². The Morgan fingerprint density at radius 1 is 0.930 bits per heavy atom. The lowest BCUT2D eigenvalue weighted by molar-refractivity contribution is -0.110. The molecule has 3 aromatic heterocycles. The molecule has 0 saturated heterocycles. The average Bonchev–Trinajstić information content (AvgIpc) is 3.72. The second-order valence-electron chi connectivity index (χ2n) is 9.59. The van der Waals surface area contributed by atoms with Crippen molar-refractivity contribution in [2.24, 2.45) is 0 Å². The van der Waals surface area contributed by atoms with Gasteiger partial charge in [-0.1, -0.05) is 29.5 Å². The van der Waals surface area contributed by atoms with Crippen LogP contribution in [-0.4, -0.2) is 34.5 Å². The first kappa shape index (κ1) is 29.1. The van der Waals surface area contributed by atoms with Crippen LogP contribution in [0.1, 0.15) is 36.3 Å². The first-order valence-electron chi connectivity index (χ1n) is 13.9. The molecule has 0 fully saturated rings. The molecule has 3 heterocycles. The molecule has 10 heteroatoms. The molecule has 5 aromatic rings. The normalized spacial score (nSPS) is 11.5. The maximum absolute atomic E-state index is 12.1. The number of benzene rings is 2. The lowest BCUT2D eigenvalue weighted by atomic mass is 10.1. The summed E-state index contributed by atoms with van der Waals surface area (Å²) in [6, 6.07) is 17.7. The number of fused-ring (bicyclic) bond motifs is 1. The van der Waals surface area contributed by atoms with Crippen molar-refractivity contribution in [3.8, 4) is 17.2 Å². The minimum absolute atomic E-state index is 0.163. The summed E-state index contributed by atoms with van der Waals surface area (Å²) in [6.07, 6.45) is 12.3. The molecule has 0 aliphatic heterocycles. The highest BCUT2D eigenvalue weighted by molar-refractivity contribution is 6.04. The number of aromatic nitrogens is 3. The lowest BCUT2D eigenvalue weighted by Crippen LogP contribution is -2.04. The van der Waals surface area contributed by atoms with Crippen molar-refractivity contribution < 1.29 is 27.8 Å². The van der Waals surface area contributed by atoms with Gasteiger partial charge < -0.3 is 23.0 Å². The fourth-order valence-corrected chi connectivity index (χ4v) is 4.29. The predicted molar refractivity (Wildman–Crippen MR) is 161 cm³/mol. The number of methoxy groups -OCH3 is 1. The van der Waals surface area contributed by atoms with Crippen molar-refractivity contribution in [2.75, 3.05) is 13.7 Å². The van der Waals surface area contributed by atoms with Crippen molar-refractivity contribution in [3.05, 3.63) is 113 Å². The molecule has 2 aromatic carbocycles. The number of ether oxygens (including phenoxy) is 3. The highest BCUT2D eigenvalue weighted by atomic mass is 16.5. The molecule has 10 nitrogen and oxygen atoms in total. The predicted octanol–water partition coefficient (Wildman–Crippen LogP) is 6.11. The maximum atomic E-state index is 12.1. The highest BCUT2D eigenvalue weighted by Gasteiger charge is 2.09. The molecule has 5 rings (SSSR count). The van der Waals surface area contributed by atoms with Crippen LogP contribution in [0.15, 0.2) is 98.9 Å². The van der Waals surface area contributed by atoms with Crippen LogP contribution in [0.5, 0.6) is 17.2 Å². The molecule has 43 heavy (non-hydrogen) atoms. The molecule has 220 valence electrons. The van der Waals surface area contributed by atoms with Crippen molar-refractivity contribution in [3.63, 3.8) is 0 Å². The first-order valence-corrected chi connectivity index (χ1v) is 13.9. The number of furan rings is 1. The number of rotatable bonds is 15. The van der Waals surface area contributed by atoms with Crippen LogP contribution in [0.25, 0.3) is 23.1 Å². The Kier molecular flexibility index (Phi) is 9.82. The molecular weight excluding hydrogens is 550 g/mol. The van der Waals surface area contributed by atoms with Gasteiger partial charge in [0.2, 0.25) is 0 Å². The summed E-state index contributed by atoms with van der Waals surface area (Å²) < 4.78 is 29.4. The van der Waals surface area contributed by atoms with Gasteiger partial charge in [-0.25, -0.2) is 4.79 Å². The van der Waals surface area contributed by atoms with Crippen LogP contribution in [0.3, 0.4) is 0 Å². The smallest absolute Gasteiger partial charge is 0.339 e. The zero-order chi connectivity index (χ0) is 29.9.